The van der Waals surface area contributed by atoms with Crippen molar-refractivity contribution < 1.29 is 14.0 Å². The number of carbonyl (C=O) groups is 2. The first-order valence-corrected chi connectivity index (χ1v) is 12.2. The topological polar surface area (TPSA) is 79.5 Å². The van der Waals surface area contributed by atoms with E-state index >= 15 is 0 Å². The molecule has 1 fully saturated rings. The molecule has 4 rings (SSSR count). The number of aromatic nitrogens is 2. The van der Waals surface area contributed by atoms with Crippen molar-refractivity contribution in [3.8, 4) is 11.5 Å². The van der Waals surface area contributed by atoms with Gasteiger partial charge in [-0.15, -0.1) is 10.2 Å². The SMILES string of the molecule is CC(C)N(Cc1nnc(-c2ccccc2Cl)o1)C(=O)C1CCN(C(=O)C=Cc2ccccc2)CC1. The van der Waals surface area contributed by atoms with Crippen LogP contribution in [0.5, 0.6) is 0 Å². The average molecular weight is 493 g/mol. The van der Waals surface area contributed by atoms with Crippen LogP contribution in [0.2, 0.25) is 5.02 Å². The minimum absolute atomic E-state index is 0.0292. The fraction of sp³-hybridized carbons (Fsp3) is 0.333. The second kappa shape index (κ2) is 11.3. The molecule has 1 aliphatic rings. The van der Waals surface area contributed by atoms with Crippen LogP contribution >= 0.6 is 11.6 Å². The van der Waals surface area contributed by atoms with Crippen LogP contribution in [0, 0.1) is 5.92 Å². The molecule has 0 bridgehead atoms. The van der Waals surface area contributed by atoms with Crippen molar-refractivity contribution in [2.75, 3.05) is 13.1 Å². The summed E-state index contributed by atoms with van der Waals surface area (Å²) in [4.78, 5) is 29.5. The standard InChI is InChI=1S/C27H29ClN4O3/c1-19(2)32(18-24-29-30-26(35-24)22-10-6-7-11-23(22)28)27(34)21-14-16-31(17-15-21)25(33)13-12-20-8-4-3-5-9-20/h3-13,19,21H,14-18H2,1-2H3. The first kappa shape index (κ1) is 24.7. The summed E-state index contributed by atoms with van der Waals surface area (Å²) in [7, 11) is 0. The third-order valence-corrected chi connectivity index (χ3v) is 6.49. The van der Waals surface area contributed by atoms with Crippen LogP contribution < -0.4 is 0 Å². The van der Waals surface area contributed by atoms with E-state index in [-0.39, 0.29) is 30.3 Å². The quantitative estimate of drug-likeness (QED) is 0.430. The van der Waals surface area contributed by atoms with E-state index in [4.69, 9.17) is 16.0 Å². The van der Waals surface area contributed by atoms with E-state index < -0.39 is 0 Å². The smallest absolute Gasteiger partial charge is 0.249 e. The molecule has 0 unspecified atom stereocenters. The normalized spacial score (nSPS) is 14.6. The predicted molar refractivity (Wildman–Crippen MR) is 135 cm³/mol. The highest BCUT2D eigenvalue weighted by molar-refractivity contribution is 6.33. The summed E-state index contributed by atoms with van der Waals surface area (Å²) in [5.41, 5.74) is 1.64. The third kappa shape index (κ3) is 6.17. The zero-order valence-corrected chi connectivity index (χ0v) is 20.7. The molecule has 1 aliphatic heterocycles. The van der Waals surface area contributed by atoms with Gasteiger partial charge in [0.2, 0.25) is 23.6 Å². The lowest BCUT2D eigenvalue weighted by atomic mass is 9.94. The number of benzene rings is 2. The van der Waals surface area contributed by atoms with Gasteiger partial charge in [-0.05, 0) is 50.5 Å². The lowest BCUT2D eigenvalue weighted by Crippen LogP contribution is -2.45. The zero-order valence-electron chi connectivity index (χ0n) is 19.9. The van der Waals surface area contributed by atoms with Gasteiger partial charge in [-0.2, -0.15) is 0 Å². The second-order valence-corrected chi connectivity index (χ2v) is 9.29. The van der Waals surface area contributed by atoms with Gasteiger partial charge in [-0.3, -0.25) is 9.59 Å². The monoisotopic (exact) mass is 492 g/mol. The van der Waals surface area contributed by atoms with Gasteiger partial charge in [0, 0.05) is 31.1 Å². The van der Waals surface area contributed by atoms with Gasteiger partial charge in [0.1, 0.15) is 0 Å². The van der Waals surface area contributed by atoms with Crippen LogP contribution in [0.1, 0.15) is 38.1 Å². The molecule has 0 spiro atoms. The van der Waals surface area contributed by atoms with Crippen molar-refractivity contribution in [2.24, 2.45) is 5.92 Å². The molecular weight excluding hydrogens is 464 g/mol. The summed E-state index contributed by atoms with van der Waals surface area (Å²) in [5.74, 6) is 0.561. The van der Waals surface area contributed by atoms with Crippen molar-refractivity contribution in [1.29, 1.82) is 0 Å². The fourth-order valence-electron chi connectivity index (χ4n) is 4.14. The van der Waals surface area contributed by atoms with Gasteiger partial charge in [-0.25, -0.2) is 0 Å². The number of likely N-dealkylation sites (tertiary alicyclic amines) is 1. The van der Waals surface area contributed by atoms with E-state index in [0.717, 1.165) is 5.56 Å². The maximum absolute atomic E-state index is 13.4. The Bertz CT molecular complexity index is 1180. The molecule has 0 atom stereocenters. The predicted octanol–water partition coefficient (Wildman–Crippen LogP) is 5.08. The Labute approximate surface area is 210 Å². The Kier molecular flexibility index (Phi) is 7.98. The Morgan fingerprint density at radius 2 is 1.77 bits per heavy atom. The van der Waals surface area contributed by atoms with Gasteiger partial charge in [0.05, 0.1) is 17.1 Å². The maximum Gasteiger partial charge on any atom is 0.249 e. The zero-order chi connectivity index (χ0) is 24.8. The van der Waals surface area contributed by atoms with Crippen molar-refractivity contribution >= 4 is 29.5 Å². The molecule has 2 heterocycles. The first-order valence-electron chi connectivity index (χ1n) is 11.8. The number of rotatable bonds is 7. The highest BCUT2D eigenvalue weighted by Gasteiger charge is 2.31. The van der Waals surface area contributed by atoms with E-state index in [1.54, 1.807) is 21.9 Å². The molecule has 3 aromatic rings. The summed E-state index contributed by atoms with van der Waals surface area (Å²) in [6.07, 6.45) is 4.68. The molecule has 0 radical (unpaired) electrons. The van der Waals surface area contributed by atoms with Gasteiger partial charge in [0.25, 0.3) is 0 Å². The van der Waals surface area contributed by atoms with E-state index in [0.29, 0.717) is 48.3 Å². The minimum Gasteiger partial charge on any atom is -0.419 e. The Morgan fingerprint density at radius 3 is 2.46 bits per heavy atom. The number of halogens is 1. The Hall–Kier alpha value is -3.45. The number of hydrogen-bond donors (Lipinski definition) is 0. The lowest BCUT2D eigenvalue weighted by Gasteiger charge is -2.35. The molecule has 1 saturated heterocycles. The highest BCUT2D eigenvalue weighted by Crippen LogP contribution is 2.27. The highest BCUT2D eigenvalue weighted by atomic mass is 35.5. The fourth-order valence-corrected chi connectivity index (χ4v) is 4.36. The summed E-state index contributed by atoms with van der Waals surface area (Å²) in [6, 6.07) is 17.0. The summed E-state index contributed by atoms with van der Waals surface area (Å²) >= 11 is 6.24. The number of carbonyl (C=O) groups excluding carboxylic acids is 2. The van der Waals surface area contributed by atoms with E-state index in [9.17, 15) is 9.59 Å². The van der Waals surface area contributed by atoms with Crippen LogP contribution in [-0.2, 0) is 16.1 Å². The lowest BCUT2D eigenvalue weighted by molar-refractivity contribution is -0.141. The Morgan fingerprint density at radius 1 is 1.09 bits per heavy atom. The minimum atomic E-state index is -0.148. The van der Waals surface area contributed by atoms with Crippen LogP contribution in [0.3, 0.4) is 0 Å². The number of piperidine rings is 1. The average Bonchev–Trinajstić information content (AvgIpc) is 3.35. The number of nitrogens with zero attached hydrogens (tertiary/aromatic N) is 4. The molecule has 182 valence electrons. The maximum atomic E-state index is 13.4. The van der Waals surface area contributed by atoms with Crippen molar-refractivity contribution in [3.05, 3.63) is 77.2 Å². The number of amides is 2. The Balaban J connectivity index is 1.35. The molecule has 2 aromatic carbocycles. The molecule has 7 nitrogen and oxygen atoms in total. The van der Waals surface area contributed by atoms with E-state index in [2.05, 4.69) is 10.2 Å². The molecule has 0 aliphatic carbocycles. The van der Waals surface area contributed by atoms with Crippen LogP contribution in [0.15, 0.2) is 65.1 Å². The van der Waals surface area contributed by atoms with Crippen molar-refractivity contribution in [3.63, 3.8) is 0 Å². The molecule has 8 heteroatoms. The van der Waals surface area contributed by atoms with Gasteiger partial charge in [-0.1, -0.05) is 54.1 Å². The van der Waals surface area contributed by atoms with E-state index in [1.165, 1.54) is 0 Å². The molecule has 2 amide bonds. The van der Waals surface area contributed by atoms with Gasteiger partial charge in [0.15, 0.2) is 0 Å². The summed E-state index contributed by atoms with van der Waals surface area (Å²) in [6.45, 7) is 5.27. The molecule has 1 aromatic heterocycles. The second-order valence-electron chi connectivity index (χ2n) is 8.88. The largest absolute Gasteiger partial charge is 0.419 e. The van der Waals surface area contributed by atoms with E-state index in [1.807, 2.05) is 68.5 Å². The molecule has 0 N–H and O–H groups in total. The summed E-state index contributed by atoms with van der Waals surface area (Å²) in [5, 5.41) is 8.77. The van der Waals surface area contributed by atoms with Crippen LogP contribution in [0.4, 0.5) is 0 Å². The van der Waals surface area contributed by atoms with Crippen molar-refractivity contribution in [2.45, 2.75) is 39.3 Å². The third-order valence-electron chi connectivity index (χ3n) is 6.16. The molecule has 0 saturated carbocycles. The number of hydrogen-bond acceptors (Lipinski definition) is 5. The van der Waals surface area contributed by atoms with Crippen LogP contribution in [0.25, 0.3) is 17.5 Å². The van der Waals surface area contributed by atoms with Gasteiger partial charge >= 0.3 is 0 Å². The molecular formula is C27H29ClN4O3. The van der Waals surface area contributed by atoms with Gasteiger partial charge < -0.3 is 14.2 Å². The first-order chi connectivity index (χ1) is 16.9. The summed E-state index contributed by atoms with van der Waals surface area (Å²) < 4.78 is 5.82. The van der Waals surface area contributed by atoms with Crippen molar-refractivity contribution in [1.82, 2.24) is 20.0 Å². The molecule has 35 heavy (non-hydrogen) atoms. The van der Waals surface area contributed by atoms with Crippen LogP contribution in [-0.4, -0.2) is 50.9 Å².